The van der Waals surface area contributed by atoms with E-state index in [1.807, 2.05) is 0 Å². The average molecular weight is 276 g/mol. The molecule has 0 saturated carbocycles. The molecule has 1 heterocycles. The van der Waals surface area contributed by atoms with Gasteiger partial charge in [0.15, 0.2) is 0 Å². The van der Waals surface area contributed by atoms with Gasteiger partial charge in [-0.05, 0) is 35.7 Å². The Morgan fingerprint density at radius 2 is 1.89 bits per heavy atom. The molecule has 0 saturated heterocycles. The fourth-order valence-corrected chi connectivity index (χ4v) is 2.25. The fraction of sp³-hybridized carbons (Fsp3) is 0.0769. The number of hydrogen-bond donors (Lipinski definition) is 2. The summed E-state index contributed by atoms with van der Waals surface area (Å²) >= 11 is 1.21. The molecule has 0 unspecified atom stereocenters. The Labute approximate surface area is 114 Å². The van der Waals surface area contributed by atoms with Gasteiger partial charge in [-0.3, -0.25) is 4.79 Å². The first-order chi connectivity index (χ1) is 9.11. The molecule has 3 N–H and O–H groups in total. The zero-order valence-corrected chi connectivity index (χ0v) is 11.0. The molecular weight excluding hydrogens is 264 g/mol. The van der Waals surface area contributed by atoms with Gasteiger partial charge in [0.25, 0.3) is 5.91 Å². The van der Waals surface area contributed by atoms with Crippen LogP contribution in [0.25, 0.3) is 0 Å². The van der Waals surface area contributed by atoms with E-state index in [4.69, 9.17) is 5.73 Å². The summed E-state index contributed by atoms with van der Waals surface area (Å²) < 4.78 is 4.64. The van der Waals surface area contributed by atoms with Crippen molar-refractivity contribution in [2.45, 2.75) is 0 Å². The molecule has 0 radical (unpaired) electrons. The number of amides is 1. The van der Waals surface area contributed by atoms with E-state index in [1.165, 1.54) is 18.4 Å². The van der Waals surface area contributed by atoms with Crippen LogP contribution in [-0.4, -0.2) is 19.0 Å². The molecule has 6 heteroatoms. The van der Waals surface area contributed by atoms with Gasteiger partial charge in [0.2, 0.25) is 0 Å². The molecule has 5 nitrogen and oxygen atoms in total. The molecule has 1 aromatic heterocycles. The Morgan fingerprint density at radius 1 is 1.21 bits per heavy atom. The number of benzene rings is 1. The Balaban J connectivity index is 2.17. The summed E-state index contributed by atoms with van der Waals surface area (Å²) in [6.45, 7) is 0. The smallest absolute Gasteiger partial charge is 0.350 e. The Morgan fingerprint density at radius 3 is 2.53 bits per heavy atom. The summed E-state index contributed by atoms with van der Waals surface area (Å²) in [7, 11) is 1.30. The van der Waals surface area contributed by atoms with E-state index in [0.717, 1.165) is 0 Å². The van der Waals surface area contributed by atoms with Gasteiger partial charge in [0.05, 0.1) is 12.8 Å². The van der Waals surface area contributed by atoms with Crippen LogP contribution in [0.3, 0.4) is 0 Å². The summed E-state index contributed by atoms with van der Waals surface area (Å²) in [4.78, 5) is 23.8. The van der Waals surface area contributed by atoms with Crippen molar-refractivity contribution in [3.63, 3.8) is 0 Å². The number of anilines is 2. The molecule has 0 atom stereocenters. The monoisotopic (exact) mass is 276 g/mol. The van der Waals surface area contributed by atoms with Crippen LogP contribution in [0.4, 0.5) is 11.4 Å². The highest BCUT2D eigenvalue weighted by Crippen LogP contribution is 2.23. The van der Waals surface area contributed by atoms with Gasteiger partial charge in [0.1, 0.15) is 4.88 Å². The van der Waals surface area contributed by atoms with E-state index in [-0.39, 0.29) is 5.91 Å². The van der Waals surface area contributed by atoms with E-state index < -0.39 is 5.97 Å². The lowest BCUT2D eigenvalue weighted by Crippen LogP contribution is -2.13. The van der Waals surface area contributed by atoms with Gasteiger partial charge in [0, 0.05) is 11.3 Å². The molecule has 0 fully saturated rings. The third-order valence-electron chi connectivity index (χ3n) is 2.46. The maximum Gasteiger partial charge on any atom is 0.350 e. The van der Waals surface area contributed by atoms with Crippen molar-refractivity contribution in [2.24, 2.45) is 0 Å². The third kappa shape index (κ3) is 2.92. The van der Waals surface area contributed by atoms with Crippen molar-refractivity contribution in [1.29, 1.82) is 0 Å². The predicted molar refractivity (Wildman–Crippen MR) is 74.5 cm³/mol. The lowest BCUT2D eigenvalue weighted by atomic mass is 10.2. The first-order valence-corrected chi connectivity index (χ1v) is 6.32. The van der Waals surface area contributed by atoms with Gasteiger partial charge in [-0.15, -0.1) is 11.3 Å². The van der Waals surface area contributed by atoms with E-state index in [1.54, 1.807) is 35.7 Å². The number of thiophene rings is 1. The summed E-state index contributed by atoms with van der Waals surface area (Å²) in [6, 6.07) is 8.18. The summed E-state index contributed by atoms with van der Waals surface area (Å²) in [5.41, 5.74) is 7.05. The zero-order chi connectivity index (χ0) is 13.8. The minimum absolute atomic E-state index is 0.302. The maximum atomic E-state index is 12.0. The maximum absolute atomic E-state index is 12.0. The fourth-order valence-electron chi connectivity index (χ4n) is 1.49. The number of carbonyl (C=O) groups excluding carboxylic acids is 2. The number of carbonyl (C=O) groups is 2. The molecule has 0 aliphatic carbocycles. The molecule has 98 valence electrons. The van der Waals surface area contributed by atoms with Crippen LogP contribution in [0.2, 0.25) is 0 Å². The standard InChI is InChI=1S/C13H12N2O3S/c1-18-13(17)11-10(6-7-19-11)15-12(16)8-2-4-9(14)5-3-8/h2-7H,14H2,1H3,(H,15,16). The van der Waals surface area contributed by atoms with Crippen LogP contribution in [0.1, 0.15) is 20.0 Å². The quantitative estimate of drug-likeness (QED) is 0.666. The number of esters is 1. The highest BCUT2D eigenvalue weighted by molar-refractivity contribution is 7.12. The van der Waals surface area contributed by atoms with Crippen LogP contribution in [0, 0.1) is 0 Å². The normalized spacial score (nSPS) is 9.95. The molecule has 0 aliphatic heterocycles. The van der Waals surface area contributed by atoms with Crippen molar-refractivity contribution >= 4 is 34.6 Å². The molecule has 2 rings (SSSR count). The van der Waals surface area contributed by atoms with Crippen LogP contribution in [0.5, 0.6) is 0 Å². The predicted octanol–water partition coefficient (Wildman–Crippen LogP) is 2.37. The van der Waals surface area contributed by atoms with Crippen LogP contribution in [-0.2, 0) is 4.74 Å². The van der Waals surface area contributed by atoms with Crippen molar-refractivity contribution in [1.82, 2.24) is 0 Å². The van der Waals surface area contributed by atoms with E-state index in [9.17, 15) is 9.59 Å². The first-order valence-electron chi connectivity index (χ1n) is 5.44. The van der Waals surface area contributed by atoms with Crippen molar-refractivity contribution < 1.29 is 14.3 Å². The molecule has 0 spiro atoms. The molecule has 1 amide bonds. The molecule has 0 aliphatic rings. The van der Waals surface area contributed by atoms with E-state index >= 15 is 0 Å². The average Bonchev–Trinajstić information content (AvgIpc) is 2.86. The number of nitrogen functional groups attached to an aromatic ring is 1. The highest BCUT2D eigenvalue weighted by Gasteiger charge is 2.16. The summed E-state index contributed by atoms with van der Waals surface area (Å²) in [5, 5.41) is 4.38. The van der Waals surface area contributed by atoms with Gasteiger partial charge in [-0.1, -0.05) is 0 Å². The second-order valence-electron chi connectivity index (χ2n) is 3.73. The molecule has 2 aromatic rings. The van der Waals surface area contributed by atoms with Crippen LogP contribution >= 0.6 is 11.3 Å². The zero-order valence-electron chi connectivity index (χ0n) is 10.2. The SMILES string of the molecule is COC(=O)c1sccc1NC(=O)c1ccc(N)cc1. The number of ether oxygens (including phenoxy) is 1. The Kier molecular flexibility index (Phi) is 3.82. The van der Waals surface area contributed by atoms with Crippen LogP contribution in [0.15, 0.2) is 35.7 Å². The van der Waals surface area contributed by atoms with Crippen molar-refractivity contribution in [3.05, 3.63) is 46.2 Å². The summed E-state index contributed by atoms with van der Waals surface area (Å²) in [6.07, 6.45) is 0. The number of rotatable bonds is 3. The second kappa shape index (κ2) is 5.53. The molecule has 1 aromatic carbocycles. The van der Waals surface area contributed by atoms with Gasteiger partial charge >= 0.3 is 5.97 Å². The third-order valence-corrected chi connectivity index (χ3v) is 3.35. The number of hydrogen-bond acceptors (Lipinski definition) is 5. The second-order valence-corrected chi connectivity index (χ2v) is 4.65. The van der Waals surface area contributed by atoms with Crippen LogP contribution < -0.4 is 11.1 Å². The lowest BCUT2D eigenvalue weighted by molar-refractivity contribution is 0.0607. The Bertz CT molecular complexity index is 605. The van der Waals surface area contributed by atoms with Crippen molar-refractivity contribution in [3.8, 4) is 0 Å². The van der Waals surface area contributed by atoms with Gasteiger partial charge in [-0.25, -0.2) is 4.79 Å². The topological polar surface area (TPSA) is 81.4 Å². The van der Waals surface area contributed by atoms with Gasteiger partial charge < -0.3 is 15.8 Å². The minimum Gasteiger partial charge on any atom is -0.465 e. The van der Waals surface area contributed by atoms with E-state index in [0.29, 0.717) is 21.8 Å². The number of nitrogens with two attached hydrogens (primary N) is 1. The van der Waals surface area contributed by atoms with Gasteiger partial charge in [-0.2, -0.15) is 0 Å². The first kappa shape index (κ1) is 13.1. The minimum atomic E-state index is -0.470. The number of methoxy groups -OCH3 is 1. The summed E-state index contributed by atoms with van der Waals surface area (Å²) in [5.74, 6) is -0.772. The highest BCUT2D eigenvalue weighted by atomic mass is 32.1. The molecule has 0 bridgehead atoms. The largest absolute Gasteiger partial charge is 0.465 e. The lowest BCUT2D eigenvalue weighted by Gasteiger charge is -2.05. The van der Waals surface area contributed by atoms with Crippen molar-refractivity contribution in [2.75, 3.05) is 18.2 Å². The molecular formula is C13H12N2O3S. The van der Waals surface area contributed by atoms with E-state index in [2.05, 4.69) is 10.1 Å². The number of nitrogens with one attached hydrogen (secondary N) is 1. The molecule has 19 heavy (non-hydrogen) atoms. The Hall–Kier alpha value is -2.34.